The van der Waals surface area contributed by atoms with E-state index in [-0.39, 0.29) is 51.0 Å². The fourth-order valence-corrected chi connectivity index (χ4v) is 4.50. The van der Waals surface area contributed by atoms with Gasteiger partial charge in [0.1, 0.15) is 9.52 Å². The van der Waals surface area contributed by atoms with Gasteiger partial charge in [-0.05, 0) is 12.8 Å². The zero-order valence-electron chi connectivity index (χ0n) is 20.3. The summed E-state index contributed by atoms with van der Waals surface area (Å²) in [5, 5.41) is 8.19. The standard InChI is InChI=1S/C13H9.C12H10Si.C5H11NO.2ClH.Zr/c1-3-7-12-10(5-1)9-11-6-2-4-8-13(11)12;1-3-7-11(8-4-1)13-12-9-5-2-6-10-12;1-2-3-4-5(6)7;;;/h1-9H;1-10H;2-4H2,1H3,(H2,6,7);2*1H;/q-1;;;;;+4/p-3. The van der Waals surface area contributed by atoms with Crippen molar-refractivity contribution in [1.29, 1.82) is 0 Å². The van der Waals surface area contributed by atoms with Crippen LogP contribution in [0.1, 0.15) is 26.2 Å². The first kappa shape index (κ1) is 33.9. The molecule has 36 heavy (non-hydrogen) atoms. The fraction of sp³-hybridized carbons (Fsp3) is 0.133. The molecule has 5 rings (SSSR count). The average molecular weight is 610 g/mol. The summed E-state index contributed by atoms with van der Waals surface area (Å²) in [5.41, 5.74) is 6.44. The summed E-state index contributed by atoms with van der Waals surface area (Å²) >= 11 is 0. The Bertz CT molecular complexity index is 1180. The maximum atomic E-state index is 9.87. The van der Waals surface area contributed by atoms with Crippen LogP contribution in [0.3, 0.4) is 0 Å². The van der Waals surface area contributed by atoms with Crippen molar-refractivity contribution in [2.24, 2.45) is 0 Å². The summed E-state index contributed by atoms with van der Waals surface area (Å²) in [4.78, 5) is 9.87. The van der Waals surface area contributed by atoms with E-state index in [1.165, 1.54) is 31.9 Å². The number of halogens is 2. The van der Waals surface area contributed by atoms with E-state index in [1.54, 1.807) is 0 Å². The molecular weight excluding hydrogens is 581 g/mol. The van der Waals surface area contributed by atoms with E-state index in [4.69, 9.17) is 5.73 Å². The van der Waals surface area contributed by atoms with E-state index >= 15 is 0 Å². The number of amides is 1. The van der Waals surface area contributed by atoms with Crippen molar-refractivity contribution in [1.82, 2.24) is 0 Å². The Morgan fingerprint density at radius 1 is 0.694 bits per heavy atom. The van der Waals surface area contributed by atoms with Crippen LogP contribution in [0, 0.1) is 0 Å². The summed E-state index contributed by atoms with van der Waals surface area (Å²) in [7, 11) is 0.777. The molecule has 182 valence electrons. The van der Waals surface area contributed by atoms with E-state index in [0.29, 0.717) is 6.42 Å². The summed E-state index contributed by atoms with van der Waals surface area (Å²) < 4.78 is 0. The van der Waals surface area contributed by atoms with E-state index in [2.05, 4.69) is 115 Å². The van der Waals surface area contributed by atoms with Gasteiger partial charge < -0.3 is 35.3 Å². The number of hydrogen-bond acceptors (Lipinski definition) is 1. The molecule has 0 atom stereocenters. The van der Waals surface area contributed by atoms with Crippen molar-refractivity contribution >= 4 is 47.3 Å². The van der Waals surface area contributed by atoms with Crippen molar-refractivity contribution < 1.29 is 55.8 Å². The van der Waals surface area contributed by atoms with Crippen LogP contribution < -0.4 is 35.2 Å². The molecule has 6 heteroatoms. The van der Waals surface area contributed by atoms with Crippen LogP contribution in [-0.4, -0.2) is 15.4 Å². The van der Waals surface area contributed by atoms with Crippen molar-refractivity contribution in [2.75, 3.05) is 0 Å². The maximum Gasteiger partial charge on any atom is 4.00 e. The van der Waals surface area contributed by atoms with Gasteiger partial charge in [-0.1, -0.05) is 121 Å². The minimum Gasteiger partial charge on any atom is -1.00 e. The molecule has 0 unspecified atom stereocenters. The van der Waals surface area contributed by atoms with Crippen LogP contribution in [0.25, 0.3) is 27.3 Å². The summed E-state index contributed by atoms with van der Waals surface area (Å²) in [6.45, 7) is 2.00. The van der Waals surface area contributed by atoms with E-state index in [9.17, 15) is 4.79 Å². The third-order valence-corrected chi connectivity index (χ3v) is 6.36. The van der Waals surface area contributed by atoms with Crippen molar-refractivity contribution in [2.45, 2.75) is 26.2 Å². The van der Waals surface area contributed by atoms with Gasteiger partial charge in [0.2, 0.25) is 0 Å². The minimum atomic E-state index is -0.443. The first-order valence-electron chi connectivity index (χ1n) is 11.3. The summed E-state index contributed by atoms with van der Waals surface area (Å²) in [5.74, 6) is -0.443. The van der Waals surface area contributed by atoms with Crippen LogP contribution in [0.2, 0.25) is 0 Å². The number of nitrogens with one attached hydrogen (secondary N) is 1. The number of carbonyl (C=O) groups is 1. The second-order valence-corrected chi connectivity index (χ2v) is 9.11. The molecule has 0 aliphatic heterocycles. The Kier molecular flexibility index (Phi) is 18.0. The Morgan fingerprint density at radius 3 is 1.44 bits per heavy atom. The first-order chi connectivity index (χ1) is 16.2. The predicted octanol–water partition coefficient (Wildman–Crippen LogP) is 0.814. The SMILES string of the molecule is CCCCC([NH-])=O.[Cl-].[Cl-].[Zr+4].c1ccc([Si]c2ccccc2)cc1.c1ccc2c(c1)[cH-]c1ccccc12. The van der Waals surface area contributed by atoms with E-state index in [0.717, 1.165) is 22.4 Å². The quantitative estimate of drug-likeness (QED) is 0.215. The van der Waals surface area contributed by atoms with Crippen LogP contribution in [-0.2, 0) is 31.0 Å². The van der Waals surface area contributed by atoms with Crippen LogP contribution in [0.15, 0.2) is 115 Å². The number of benzene rings is 4. The van der Waals surface area contributed by atoms with Gasteiger partial charge in [-0.2, -0.15) is 0 Å². The Hall–Kier alpha value is -2.10. The molecule has 0 fully saturated rings. The van der Waals surface area contributed by atoms with Crippen LogP contribution in [0.4, 0.5) is 0 Å². The molecule has 5 aromatic rings. The van der Waals surface area contributed by atoms with Crippen molar-refractivity contribution in [3.63, 3.8) is 0 Å². The number of carbonyl (C=O) groups excluding carboxylic acids is 1. The molecule has 0 spiro atoms. The van der Waals surface area contributed by atoms with Crippen molar-refractivity contribution in [3.05, 3.63) is 121 Å². The summed E-state index contributed by atoms with van der Waals surface area (Å²) in [6.07, 6.45) is 2.30. The smallest absolute Gasteiger partial charge is 1.00 e. The van der Waals surface area contributed by atoms with Gasteiger partial charge in [0.05, 0.1) is 0 Å². The second-order valence-electron chi connectivity index (χ2n) is 7.70. The molecule has 0 aliphatic carbocycles. The fourth-order valence-electron chi connectivity index (χ4n) is 3.45. The molecule has 0 bridgehead atoms. The Labute approximate surface area is 248 Å². The normalized spacial score (nSPS) is 9.25. The van der Waals surface area contributed by atoms with Gasteiger partial charge in [0.15, 0.2) is 0 Å². The molecule has 0 saturated heterocycles. The number of rotatable bonds is 5. The van der Waals surface area contributed by atoms with Crippen LogP contribution in [0.5, 0.6) is 0 Å². The number of hydrogen-bond donors (Lipinski definition) is 0. The third-order valence-electron chi connectivity index (χ3n) is 5.12. The summed E-state index contributed by atoms with van der Waals surface area (Å²) in [6, 6.07) is 40.4. The topological polar surface area (TPSA) is 40.9 Å². The van der Waals surface area contributed by atoms with Gasteiger partial charge in [-0.25, -0.2) is 0 Å². The third kappa shape index (κ3) is 11.3. The molecular formula is C30H29Cl2NOSiZr. The molecule has 1 amide bonds. The Balaban J connectivity index is 0.000000514. The average Bonchev–Trinajstić information content (AvgIpc) is 3.24. The minimum absolute atomic E-state index is 0. The van der Waals surface area contributed by atoms with Gasteiger partial charge in [0.25, 0.3) is 0 Å². The van der Waals surface area contributed by atoms with Gasteiger partial charge in [-0.3, -0.25) is 0 Å². The molecule has 0 aliphatic rings. The molecule has 2 radical (unpaired) electrons. The second kappa shape index (κ2) is 19.1. The Morgan fingerprint density at radius 2 is 1.08 bits per heavy atom. The number of fused-ring (bicyclic) bond motifs is 3. The maximum absolute atomic E-state index is 9.87. The molecule has 2 nitrogen and oxygen atoms in total. The largest absolute Gasteiger partial charge is 4.00 e. The molecule has 5 aromatic carbocycles. The van der Waals surface area contributed by atoms with Gasteiger partial charge >= 0.3 is 26.2 Å². The predicted molar refractivity (Wildman–Crippen MR) is 144 cm³/mol. The zero-order chi connectivity index (χ0) is 23.3. The zero-order valence-corrected chi connectivity index (χ0v) is 25.2. The monoisotopic (exact) mass is 607 g/mol. The number of unbranched alkanes of at least 4 members (excludes halogenated alkanes) is 1. The van der Waals surface area contributed by atoms with Gasteiger partial charge in [-0.15, -0.1) is 39.7 Å². The van der Waals surface area contributed by atoms with E-state index in [1.807, 2.05) is 6.92 Å². The molecule has 0 saturated carbocycles. The first-order valence-corrected chi connectivity index (χ1v) is 12.3. The van der Waals surface area contributed by atoms with Gasteiger partial charge in [0, 0.05) is 5.91 Å². The molecule has 0 heterocycles. The molecule has 1 N–H and O–H groups in total. The van der Waals surface area contributed by atoms with Crippen molar-refractivity contribution in [3.8, 4) is 0 Å². The van der Waals surface area contributed by atoms with Crippen LogP contribution >= 0.6 is 0 Å². The van der Waals surface area contributed by atoms with E-state index < -0.39 is 5.91 Å². The molecule has 0 aromatic heterocycles.